The van der Waals surface area contributed by atoms with Crippen molar-refractivity contribution in [1.82, 2.24) is 9.97 Å². The quantitative estimate of drug-likeness (QED) is 0.866. The Labute approximate surface area is 112 Å². The van der Waals surface area contributed by atoms with Crippen LogP contribution in [0.3, 0.4) is 0 Å². The first-order valence-corrected chi connectivity index (χ1v) is 7.18. The maximum Gasteiger partial charge on any atom is 0.254 e. The van der Waals surface area contributed by atoms with Gasteiger partial charge in [-0.15, -0.1) is 0 Å². The first-order valence-electron chi connectivity index (χ1n) is 7.18. The number of aromatic amines is 1. The third kappa shape index (κ3) is 3.15. The second-order valence-corrected chi connectivity index (χ2v) is 5.95. The molecule has 0 atom stereocenters. The van der Waals surface area contributed by atoms with Crippen LogP contribution in [0.2, 0.25) is 0 Å². The standard InChI is InChI=1S/C14H21N3O2/c15-14(6-2-1-3-7-14)9-19-12-8-11(18)16-13(17-12)10-4-5-10/h8,10H,1-7,9,15H2,(H,16,17,18). The summed E-state index contributed by atoms with van der Waals surface area (Å²) < 4.78 is 5.69. The highest BCUT2D eigenvalue weighted by atomic mass is 16.5. The van der Waals surface area contributed by atoms with Gasteiger partial charge in [-0.2, -0.15) is 4.98 Å². The number of hydrogen-bond acceptors (Lipinski definition) is 4. The minimum absolute atomic E-state index is 0.137. The number of nitrogens with zero attached hydrogens (tertiary/aromatic N) is 1. The normalized spacial score (nSPS) is 22.2. The predicted molar refractivity (Wildman–Crippen MR) is 72.3 cm³/mol. The topological polar surface area (TPSA) is 81.0 Å². The van der Waals surface area contributed by atoms with Gasteiger partial charge in [0.2, 0.25) is 5.88 Å². The van der Waals surface area contributed by atoms with Crippen molar-refractivity contribution >= 4 is 0 Å². The molecule has 0 spiro atoms. The molecule has 0 aromatic carbocycles. The van der Waals surface area contributed by atoms with Gasteiger partial charge in [0.25, 0.3) is 5.56 Å². The van der Waals surface area contributed by atoms with Crippen LogP contribution >= 0.6 is 0 Å². The molecule has 19 heavy (non-hydrogen) atoms. The van der Waals surface area contributed by atoms with E-state index < -0.39 is 0 Å². The van der Waals surface area contributed by atoms with E-state index in [9.17, 15) is 4.79 Å². The number of hydrogen-bond donors (Lipinski definition) is 2. The molecule has 1 heterocycles. The van der Waals surface area contributed by atoms with E-state index in [1.54, 1.807) is 0 Å². The fourth-order valence-electron chi connectivity index (χ4n) is 2.70. The Kier molecular flexibility index (Phi) is 3.31. The molecule has 0 aliphatic heterocycles. The molecule has 0 saturated heterocycles. The molecule has 5 nitrogen and oxygen atoms in total. The van der Waals surface area contributed by atoms with Crippen molar-refractivity contribution in [2.45, 2.75) is 56.4 Å². The van der Waals surface area contributed by atoms with E-state index in [1.165, 1.54) is 12.5 Å². The monoisotopic (exact) mass is 263 g/mol. The van der Waals surface area contributed by atoms with Crippen molar-refractivity contribution in [3.8, 4) is 5.88 Å². The zero-order valence-corrected chi connectivity index (χ0v) is 11.2. The zero-order chi connectivity index (χ0) is 13.3. The third-order valence-corrected chi connectivity index (χ3v) is 4.06. The lowest BCUT2D eigenvalue weighted by Crippen LogP contribution is -2.47. The molecular weight excluding hydrogens is 242 g/mol. The molecule has 3 rings (SSSR count). The summed E-state index contributed by atoms with van der Waals surface area (Å²) in [6, 6.07) is 1.41. The largest absolute Gasteiger partial charge is 0.476 e. The van der Waals surface area contributed by atoms with Crippen LogP contribution in [-0.4, -0.2) is 22.1 Å². The number of nitrogens with two attached hydrogens (primary N) is 1. The summed E-state index contributed by atoms with van der Waals surface area (Å²) in [4.78, 5) is 18.7. The molecule has 2 fully saturated rings. The van der Waals surface area contributed by atoms with Gasteiger partial charge < -0.3 is 15.5 Å². The lowest BCUT2D eigenvalue weighted by molar-refractivity contribution is 0.168. The van der Waals surface area contributed by atoms with Crippen molar-refractivity contribution in [3.05, 3.63) is 22.2 Å². The minimum Gasteiger partial charge on any atom is -0.476 e. The Morgan fingerprint density at radius 1 is 1.37 bits per heavy atom. The SMILES string of the molecule is NC1(COc2cc(=O)[nH]c(C3CC3)n2)CCCCC1. The van der Waals surface area contributed by atoms with Crippen LogP contribution in [-0.2, 0) is 0 Å². The van der Waals surface area contributed by atoms with Crippen molar-refractivity contribution < 1.29 is 4.74 Å². The Balaban J connectivity index is 1.67. The molecule has 104 valence electrons. The smallest absolute Gasteiger partial charge is 0.254 e. The maximum atomic E-state index is 11.6. The van der Waals surface area contributed by atoms with Gasteiger partial charge in [0, 0.05) is 5.92 Å². The van der Waals surface area contributed by atoms with Crippen LogP contribution in [0, 0.1) is 0 Å². The highest BCUT2D eigenvalue weighted by Gasteiger charge is 2.29. The van der Waals surface area contributed by atoms with E-state index in [4.69, 9.17) is 10.5 Å². The highest BCUT2D eigenvalue weighted by molar-refractivity contribution is 5.14. The van der Waals surface area contributed by atoms with Gasteiger partial charge in [-0.1, -0.05) is 19.3 Å². The molecule has 5 heteroatoms. The average Bonchev–Trinajstić information content (AvgIpc) is 3.21. The van der Waals surface area contributed by atoms with E-state index in [2.05, 4.69) is 9.97 Å². The van der Waals surface area contributed by atoms with Crippen LogP contribution in [0.4, 0.5) is 0 Å². The van der Waals surface area contributed by atoms with Gasteiger partial charge in [0.05, 0.1) is 11.6 Å². The van der Waals surface area contributed by atoms with Crippen molar-refractivity contribution in [3.63, 3.8) is 0 Å². The minimum atomic E-state index is -0.248. The summed E-state index contributed by atoms with van der Waals surface area (Å²) in [5.41, 5.74) is 5.93. The second-order valence-electron chi connectivity index (χ2n) is 5.95. The Morgan fingerprint density at radius 3 is 2.79 bits per heavy atom. The zero-order valence-electron chi connectivity index (χ0n) is 11.2. The Hall–Kier alpha value is -1.36. The number of H-pyrrole nitrogens is 1. The molecule has 1 aromatic rings. The second kappa shape index (κ2) is 4.96. The van der Waals surface area contributed by atoms with Crippen molar-refractivity contribution in [1.29, 1.82) is 0 Å². The van der Waals surface area contributed by atoms with Crippen molar-refractivity contribution in [2.24, 2.45) is 5.73 Å². The van der Waals surface area contributed by atoms with Gasteiger partial charge >= 0.3 is 0 Å². The van der Waals surface area contributed by atoms with Crippen LogP contribution in [0.25, 0.3) is 0 Å². The van der Waals surface area contributed by atoms with E-state index in [0.29, 0.717) is 18.4 Å². The molecule has 0 unspecified atom stereocenters. The van der Waals surface area contributed by atoms with Crippen LogP contribution < -0.4 is 16.0 Å². The van der Waals surface area contributed by atoms with Gasteiger partial charge in [0.15, 0.2) is 0 Å². The summed E-state index contributed by atoms with van der Waals surface area (Å²) in [6.07, 6.45) is 7.78. The van der Waals surface area contributed by atoms with E-state index in [0.717, 1.165) is 44.3 Å². The number of aromatic nitrogens is 2. The number of ether oxygens (including phenoxy) is 1. The fourth-order valence-corrected chi connectivity index (χ4v) is 2.70. The molecule has 2 aliphatic rings. The molecule has 0 amide bonds. The molecule has 2 aliphatic carbocycles. The molecule has 0 radical (unpaired) electrons. The molecular formula is C14H21N3O2. The van der Waals surface area contributed by atoms with Gasteiger partial charge in [-0.05, 0) is 25.7 Å². The van der Waals surface area contributed by atoms with Gasteiger partial charge in [-0.25, -0.2) is 0 Å². The lowest BCUT2D eigenvalue weighted by Gasteiger charge is -2.32. The first kappa shape index (κ1) is 12.7. The summed E-state index contributed by atoms with van der Waals surface area (Å²) >= 11 is 0. The molecule has 2 saturated carbocycles. The summed E-state index contributed by atoms with van der Waals surface area (Å²) in [6.45, 7) is 0.452. The van der Waals surface area contributed by atoms with E-state index in [-0.39, 0.29) is 11.1 Å². The van der Waals surface area contributed by atoms with Gasteiger partial charge in [0.1, 0.15) is 12.4 Å². The van der Waals surface area contributed by atoms with Crippen LogP contribution in [0.5, 0.6) is 5.88 Å². The maximum absolute atomic E-state index is 11.6. The Morgan fingerprint density at radius 2 is 2.11 bits per heavy atom. The molecule has 1 aromatic heterocycles. The highest BCUT2D eigenvalue weighted by Crippen LogP contribution is 2.37. The summed E-state index contributed by atoms with van der Waals surface area (Å²) in [7, 11) is 0. The number of rotatable bonds is 4. The summed E-state index contributed by atoms with van der Waals surface area (Å²) in [5, 5.41) is 0. The average molecular weight is 263 g/mol. The van der Waals surface area contributed by atoms with Crippen LogP contribution in [0.1, 0.15) is 56.7 Å². The van der Waals surface area contributed by atoms with Crippen molar-refractivity contribution in [2.75, 3.05) is 6.61 Å². The number of nitrogens with one attached hydrogen (secondary N) is 1. The molecule has 0 bridgehead atoms. The first-order chi connectivity index (χ1) is 9.15. The summed E-state index contributed by atoms with van der Waals surface area (Å²) in [5.74, 6) is 1.59. The predicted octanol–water partition coefficient (Wildman–Crippen LogP) is 1.69. The Bertz CT molecular complexity index is 502. The van der Waals surface area contributed by atoms with E-state index in [1.807, 2.05) is 0 Å². The molecule has 3 N–H and O–H groups in total. The third-order valence-electron chi connectivity index (χ3n) is 4.06. The fraction of sp³-hybridized carbons (Fsp3) is 0.714. The van der Waals surface area contributed by atoms with Gasteiger partial charge in [-0.3, -0.25) is 4.79 Å². The van der Waals surface area contributed by atoms with Crippen LogP contribution in [0.15, 0.2) is 10.9 Å². The lowest BCUT2D eigenvalue weighted by atomic mass is 9.83. The van der Waals surface area contributed by atoms with E-state index >= 15 is 0 Å².